The van der Waals surface area contributed by atoms with Gasteiger partial charge in [-0.1, -0.05) is 23.8 Å². The number of hydrogen-bond acceptors (Lipinski definition) is 7. The molecule has 0 spiro atoms. The van der Waals surface area contributed by atoms with Gasteiger partial charge in [-0.2, -0.15) is 0 Å². The van der Waals surface area contributed by atoms with Crippen molar-refractivity contribution < 1.29 is 17.2 Å². The first-order valence-corrected chi connectivity index (χ1v) is 14.0. The number of nitrogens with zero attached hydrogens (tertiary/aromatic N) is 4. The molecule has 0 saturated heterocycles. The second-order valence-electron chi connectivity index (χ2n) is 9.44. The van der Waals surface area contributed by atoms with Gasteiger partial charge in [0.1, 0.15) is 10.7 Å². The van der Waals surface area contributed by atoms with Crippen molar-refractivity contribution in [1.82, 2.24) is 19.9 Å². The lowest BCUT2D eigenvalue weighted by atomic mass is 9.91. The number of aryl methyl sites for hydroxylation is 1. The van der Waals surface area contributed by atoms with E-state index >= 15 is 0 Å². The zero-order valence-electron chi connectivity index (χ0n) is 21.2. The Bertz CT molecular complexity index is 1430. The fraction of sp³-hybridized carbons (Fsp3) is 0.346. The molecule has 2 aromatic heterocycles. The summed E-state index contributed by atoms with van der Waals surface area (Å²) < 4.78 is 54.5. The van der Waals surface area contributed by atoms with Crippen molar-refractivity contribution >= 4 is 45.5 Å². The highest BCUT2D eigenvalue weighted by molar-refractivity contribution is 7.92. The Kier molecular flexibility index (Phi) is 8.59. The van der Waals surface area contributed by atoms with E-state index in [0.717, 1.165) is 42.9 Å². The smallest absolute Gasteiger partial charge is 0.264 e. The average molecular weight is 563 g/mol. The second-order valence-corrected chi connectivity index (χ2v) is 11.5. The van der Waals surface area contributed by atoms with Gasteiger partial charge in [-0.3, -0.25) is 4.72 Å². The lowest BCUT2D eigenvalue weighted by Crippen LogP contribution is -2.36. The predicted molar refractivity (Wildman–Crippen MR) is 145 cm³/mol. The van der Waals surface area contributed by atoms with Crippen LogP contribution in [0.1, 0.15) is 42.5 Å². The zero-order chi connectivity index (χ0) is 27.4. The minimum absolute atomic E-state index is 0.0128. The van der Waals surface area contributed by atoms with Gasteiger partial charge in [0.15, 0.2) is 11.6 Å². The fourth-order valence-corrected chi connectivity index (χ4v) is 5.85. The van der Waals surface area contributed by atoms with Crippen LogP contribution in [0.25, 0.3) is 12.2 Å². The highest BCUT2D eigenvalue weighted by Gasteiger charge is 2.24. The minimum atomic E-state index is -4.28. The summed E-state index contributed by atoms with van der Waals surface area (Å²) in [5.41, 5.74) is 2.09. The second kappa shape index (κ2) is 11.7. The van der Waals surface area contributed by atoms with Crippen LogP contribution in [-0.4, -0.2) is 54.4 Å². The van der Waals surface area contributed by atoms with E-state index in [2.05, 4.69) is 44.0 Å². The summed E-state index contributed by atoms with van der Waals surface area (Å²) in [4.78, 5) is 14.8. The van der Waals surface area contributed by atoms with Gasteiger partial charge in [-0.05, 0) is 76.5 Å². The van der Waals surface area contributed by atoms with Crippen LogP contribution in [0.3, 0.4) is 0 Å². The van der Waals surface area contributed by atoms with E-state index in [1.54, 1.807) is 25.4 Å². The average Bonchev–Trinajstić information content (AvgIpc) is 2.87. The number of aromatic nitrogens is 3. The Morgan fingerprint density at radius 1 is 1.03 bits per heavy atom. The van der Waals surface area contributed by atoms with Crippen molar-refractivity contribution in [1.29, 1.82) is 0 Å². The van der Waals surface area contributed by atoms with Gasteiger partial charge in [-0.25, -0.2) is 32.2 Å². The lowest BCUT2D eigenvalue weighted by molar-refractivity contribution is 0.221. The van der Waals surface area contributed by atoms with Crippen molar-refractivity contribution in [2.75, 3.05) is 24.1 Å². The van der Waals surface area contributed by atoms with E-state index in [1.165, 1.54) is 6.07 Å². The first-order valence-electron chi connectivity index (χ1n) is 12.1. The summed E-state index contributed by atoms with van der Waals surface area (Å²) in [5, 5.41) is 2.59. The Balaban J connectivity index is 1.38. The predicted octanol–water partition coefficient (Wildman–Crippen LogP) is 5.37. The number of sulfonamides is 1. The maximum Gasteiger partial charge on any atom is 0.264 e. The van der Waals surface area contributed by atoms with Crippen LogP contribution < -0.4 is 10.0 Å². The first kappa shape index (κ1) is 27.9. The molecule has 38 heavy (non-hydrogen) atoms. The maximum atomic E-state index is 13.7. The van der Waals surface area contributed by atoms with Gasteiger partial charge < -0.3 is 10.2 Å². The minimum Gasteiger partial charge on any atom is -0.351 e. The molecule has 2 N–H and O–H groups in total. The fourth-order valence-electron chi connectivity index (χ4n) is 4.32. The van der Waals surface area contributed by atoms with Crippen LogP contribution >= 0.6 is 11.6 Å². The van der Waals surface area contributed by atoms with E-state index in [4.69, 9.17) is 11.6 Å². The summed E-state index contributed by atoms with van der Waals surface area (Å²) in [6.07, 6.45) is 11.6. The highest BCUT2D eigenvalue weighted by Crippen LogP contribution is 2.28. The van der Waals surface area contributed by atoms with Crippen LogP contribution in [0, 0.1) is 18.6 Å². The van der Waals surface area contributed by atoms with E-state index in [-0.39, 0.29) is 5.82 Å². The molecule has 0 bridgehead atoms. The van der Waals surface area contributed by atoms with Crippen molar-refractivity contribution in [3.63, 3.8) is 0 Å². The topological polar surface area (TPSA) is 100 Å². The molecule has 2 heterocycles. The van der Waals surface area contributed by atoms with E-state index in [1.807, 2.05) is 12.2 Å². The van der Waals surface area contributed by atoms with Gasteiger partial charge in [0.05, 0.1) is 5.02 Å². The summed E-state index contributed by atoms with van der Waals surface area (Å²) in [5.74, 6) is -2.05. The molecule has 1 fully saturated rings. The van der Waals surface area contributed by atoms with Crippen molar-refractivity contribution in [3.05, 3.63) is 70.1 Å². The Morgan fingerprint density at radius 2 is 1.71 bits per heavy atom. The van der Waals surface area contributed by atoms with Gasteiger partial charge in [-0.15, -0.1) is 0 Å². The molecule has 202 valence electrons. The van der Waals surface area contributed by atoms with Gasteiger partial charge in [0.2, 0.25) is 5.95 Å². The van der Waals surface area contributed by atoms with Gasteiger partial charge in [0, 0.05) is 35.7 Å². The highest BCUT2D eigenvalue weighted by atomic mass is 35.5. The Morgan fingerprint density at radius 3 is 2.34 bits per heavy atom. The molecule has 12 heteroatoms. The largest absolute Gasteiger partial charge is 0.351 e. The van der Waals surface area contributed by atoms with Crippen molar-refractivity contribution in [3.8, 4) is 0 Å². The van der Waals surface area contributed by atoms with Crippen LogP contribution in [0.15, 0.2) is 41.6 Å². The maximum absolute atomic E-state index is 13.7. The number of halogens is 3. The number of anilines is 2. The zero-order valence-corrected chi connectivity index (χ0v) is 22.8. The van der Waals surface area contributed by atoms with Crippen LogP contribution in [0.5, 0.6) is 0 Å². The number of pyridine rings is 1. The standard InChI is InChI=1S/C26H29ClF2N6O2S/c1-16-18(6-13-23(32-16)34-38(36,37)22-12-11-21(28)25(29)24(22)27)5-4-17-14-30-26(31-15-17)33-19-7-9-20(10-8-19)35(2)3/h4-6,11-15,19-20H,7-10H2,1-3H3,(H,32,34)(H,30,31,33)/b5-4+/t19-,20-. The molecule has 1 aliphatic carbocycles. The monoisotopic (exact) mass is 562 g/mol. The SMILES string of the molecule is Cc1nc(NS(=O)(=O)c2ccc(F)c(F)c2Cl)ccc1/C=C/c1cnc(N[C@H]2CC[C@H](N(C)C)CC2)nc1. The van der Waals surface area contributed by atoms with E-state index in [9.17, 15) is 17.2 Å². The third-order valence-electron chi connectivity index (χ3n) is 6.54. The summed E-state index contributed by atoms with van der Waals surface area (Å²) in [6.45, 7) is 1.72. The molecule has 0 amide bonds. The molecular formula is C26H29ClF2N6O2S. The Labute approximate surface area is 226 Å². The first-order chi connectivity index (χ1) is 18.0. The quantitative estimate of drug-likeness (QED) is 0.356. The molecule has 8 nitrogen and oxygen atoms in total. The Hall–Kier alpha value is -3.15. The number of hydrogen-bond donors (Lipinski definition) is 2. The number of rotatable bonds is 8. The molecule has 0 unspecified atom stereocenters. The lowest BCUT2D eigenvalue weighted by Gasteiger charge is -2.32. The van der Waals surface area contributed by atoms with Crippen LogP contribution in [0.4, 0.5) is 20.5 Å². The van der Waals surface area contributed by atoms with Gasteiger partial charge in [0.25, 0.3) is 10.0 Å². The van der Waals surface area contributed by atoms with Gasteiger partial charge >= 0.3 is 0 Å². The third-order valence-corrected chi connectivity index (χ3v) is 8.42. The number of nitrogens with one attached hydrogen (secondary N) is 2. The normalized spacial score (nSPS) is 18.2. The van der Waals surface area contributed by atoms with Crippen LogP contribution in [0.2, 0.25) is 5.02 Å². The summed E-state index contributed by atoms with van der Waals surface area (Å²) in [7, 11) is -0.0398. The summed E-state index contributed by atoms with van der Waals surface area (Å²) in [6, 6.07) is 5.75. The molecular weight excluding hydrogens is 534 g/mol. The third kappa shape index (κ3) is 6.64. The molecule has 1 aliphatic rings. The molecule has 0 aliphatic heterocycles. The molecule has 4 rings (SSSR count). The summed E-state index contributed by atoms with van der Waals surface area (Å²) >= 11 is 5.70. The van der Waals surface area contributed by atoms with Crippen molar-refractivity contribution in [2.24, 2.45) is 0 Å². The van der Waals surface area contributed by atoms with Crippen molar-refractivity contribution in [2.45, 2.75) is 49.6 Å². The number of benzene rings is 1. The molecule has 3 aromatic rings. The molecule has 1 saturated carbocycles. The van der Waals surface area contributed by atoms with E-state index in [0.29, 0.717) is 29.8 Å². The van der Waals surface area contributed by atoms with Crippen LogP contribution in [-0.2, 0) is 10.0 Å². The molecule has 0 atom stereocenters. The molecule has 1 aromatic carbocycles. The molecule has 0 radical (unpaired) electrons. The van der Waals surface area contributed by atoms with E-state index < -0.39 is 31.6 Å².